The van der Waals surface area contributed by atoms with E-state index in [1.807, 2.05) is 0 Å². The topological polar surface area (TPSA) is 43.4 Å². The van der Waals surface area contributed by atoms with Crippen LogP contribution < -0.4 is 0 Å². The van der Waals surface area contributed by atoms with Gasteiger partial charge < -0.3 is 4.74 Å². The smallest absolute Gasteiger partial charge is 0.306 e. The molecular weight excluding hydrogens is 240 g/mol. The van der Waals surface area contributed by atoms with Crippen molar-refractivity contribution in [1.29, 1.82) is 0 Å². The first kappa shape index (κ1) is 15.4. The van der Waals surface area contributed by atoms with Crippen molar-refractivity contribution in [2.75, 3.05) is 6.61 Å². The molecule has 3 nitrogen and oxygen atoms in total. The fraction of sp³-hybridized carbons (Fsp3) is 0.500. The van der Waals surface area contributed by atoms with Gasteiger partial charge in [-0.15, -0.1) is 0 Å². The fourth-order valence-corrected chi connectivity index (χ4v) is 1.84. The average molecular weight is 262 g/mol. The van der Waals surface area contributed by atoms with E-state index < -0.39 is 0 Å². The van der Waals surface area contributed by atoms with E-state index in [9.17, 15) is 9.59 Å². The molecule has 0 aliphatic carbocycles. The molecule has 104 valence electrons. The lowest BCUT2D eigenvalue weighted by Gasteiger charge is -2.05. The second-order valence-electron chi connectivity index (χ2n) is 4.76. The zero-order valence-corrected chi connectivity index (χ0v) is 12.0. The molecule has 0 fully saturated rings. The Morgan fingerprint density at radius 3 is 2.42 bits per heavy atom. The summed E-state index contributed by atoms with van der Waals surface area (Å²) in [5.74, 6) is -0.173. The van der Waals surface area contributed by atoms with E-state index >= 15 is 0 Å². The number of carbonyl (C=O) groups excluding carboxylic acids is 2. The third-order valence-corrected chi connectivity index (χ3v) is 3.18. The predicted octanol–water partition coefficient (Wildman–Crippen LogP) is 3.15. The molecule has 3 heteroatoms. The maximum absolute atomic E-state index is 11.7. The SMILES string of the molecule is CCOC(=O)CCC(=O)CCc1ccc(C)c(C)c1. The number of ether oxygens (including phenoxy) is 1. The number of esters is 1. The molecule has 0 N–H and O–H groups in total. The molecule has 1 aromatic rings. The first-order valence-corrected chi connectivity index (χ1v) is 6.76. The molecular formula is C16H22O3. The van der Waals surface area contributed by atoms with Crippen LogP contribution >= 0.6 is 0 Å². The van der Waals surface area contributed by atoms with Gasteiger partial charge in [0, 0.05) is 12.8 Å². The molecule has 0 radical (unpaired) electrons. The average Bonchev–Trinajstić information content (AvgIpc) is 2.38. The van der Waals surface area contributed by atoms with Gasteiger partial charge in [-0.2, -0.15) is 0 Å². The van der Waals surface area contributed by atoms with E-state index in [4.69, 9.17) is 4.74 Å². The van der Waals surface area contributed by atoms with Crippen LogP contribution in [0.15, 0.2) is 18.2 Å². The molecule has 0 bridgehead atoms. The maximum Gasteiger partial charge on any atom is 0.306 e. The van der Waals surface area contributed by atoms with Crippen LogP contribution in [0.2, 0.25) is 0 Å². The number of Topliss-reactive ketones (excluding diaryl/α,β-unsaturated/α-hetero) is 1. The molecule has 0 aliphatic rings. The van der Waals surface area contributed by atoms with Crippen molar-refractivity contribution < 1.29 is 14.3 Å². The third kappa shape index (κ3) is 5.69. The maximum atomic E-state index is 11.7. The van der Waals surface area contributed by atoms with Crippen LogP contribution in [0.5, 0.6) is 0 Å². The number of carbonyl (C=O) groups is 2. The number of rotatable bonds is 7. The second-order valence-corrected chi connectivity index (χ2v) is 4.76. The molecule has 0 atom stereocenters. The summed E-state index contributed by atoms with van der Waals surface area (Å²) in [7, 11) is 0. The number of ketones is 1. The molecule has 19 heavy (non-hydrogen) atoms. The minimum absolute atomic E-state index is 0.117. The molecule has 0 unspecified atom stereocenters. The summed E-state index contributed by atoms with van der Waals surface area (Å²) in [4.78, 5) is 22.8. The molecule has 0 saturated heterocycles. The normalized spacial score (nSPS) is 10.3. The Morgan fingerprint density at radius 2 is 1.79 bits per heavy atom. The Morgan fingerprint density at radius 1 is 1.05 bits per heavy atom. The van der Waals surface area contributed by atoms with Crippen molar-refractivity contribution in [1.82, 2.24) is 0 Å². The zero-order chi connectivity index (χ0) is 14.3. The highest BCUT2D eigenvalue weighted by molar-refractivity contribution is 5.83. The van der Waals surface area contributed by atoms with Gasteiger partial charge in [0.2, 0.25) is 0 Å². The summed E-state index contributed by atoms with van der Waals surface area (Å²) in [5.41, 5.74) is 3.68. The van der Waals surface area contributed by atoms with Crippen molar-refractivity contribution in [2.45, 2.75) is 46.5 Å². The molecule has 0 aliphatic heterocycles. The number of benzene rings is 1. The predicted molar refractivity (Wildman–Crippen MR) is 75.1 cm³/mol. The van der Waals surface area contributed by atoms with Crippen LogP contribution in [0.3, 0.4) is 0 Å². The lowest BCUT2D eigenvalue weighted by atomic mass is 10.0. The highest BCUT2D eigenvalue weighted by atomic mass is 16.5. The fourth-order valence-electron chi connectivity index (χ4n) is 1.84. The summed E-state index contributed by atoms with van der Waals surface area (Å²) in [5, 5.41) is 0. The monoisotopic (exact) mass is 262 g/mol. The summed E-state index contributed by atoms with van der Waals surface area (Å²) in [6.07, 6.45) is 1.70. The summed E-state index contributed by atoms with van der Waals surface area (Å²) in [6.45, 7) is 6.28. The number of aryl methyl sites for hydroxylation is 3. The van der Waals surface area contributed by atoms with E-state index in [1.54, 1.807) is 6.92 Å². The van der Waals surface area contributed by atoms with Gasteiger partial charge in [0.15, 0.2) is 0 Å². The standard InChI is InChI=1S/C16H22O3/c1-4-19-16(18)10-9-15(17)8-7-14-6-5-12(2)13(3)11-14/h5-6,11H,4,7-10H2,1-3H3. The second kappa shape index (κ2) is 7.72. The van der Waals surface area contributed by atoms with Gasteiger partial charge in [0.05, 0.1) is 13.0 Å². The van der Waals surface area contributed by atoms with Gasteiger partial charge >= 0.3 is 5.97 Å². The van der Waals surface area contributed by atoms with Gasteiger partial charge in [0.25, 0.3) is 0 Å². The Labute approximate surface area is 115 Å². The van der Waals surface area contributed by atoms with Crippen molar-refractivity contribution in [3.05, 3.63) is 34.9 Å². The van der Waals surface area contributed by atoms with E-state index in [0.29, 0.717) is 13.0 Å². The quantitative estimate of drug-likeness (QED) is 0.709. The highest BCUT2D eigenvalue weighted by Crippen LogP contribution is 2.12. The van der Waals surface area contributed by atoms with Crippen molar-refractivity contribution in [3.63, 3.8) is 0 Å². The highest BCUT2D eigenvalue weighted by Gasteiger charge is 2.08. The Hall–Kier alpha value is -1.64. The van der Waals surface area contributed by atoms with E-state index in [2.05, 4.69) is 32.0 Å². The first-order valence-electron chi connectivity index (χ1n) is 6.76. The summed E-state index contributed by atoms with van der Waals surface area (Å²) < 4.78 is 4.79. The zero-order valence-electron chi connectivity index (χ0n) is 12.0. The van der Waals surface area contributed by atoms with Crippen LogP contribution in [-0.2, 0) is 20.7 Å². The van der Waals surface area contributed by atoms with E-state index in [1.165, 1.54) is 16.7 Å². The lowest BCUT2D eigenvalue weighted by Crippen LogP contribution is -2.08. The van der Waals surface area contributed by atoms with Crippen LogP contribution in [0, 0.1) is 13.8 Å². The van der Waals surface area contributed by atoms with Crippen molar-refractivity contribution in [2.24, 2.45) is 0 Å². The van der Waals surface area contributed by atoms with Crippen LogP contribution in [0.4, 0.5) is 0 Å². The largest absolute Gasteiger partial charge is 0.466 e. The van der Waals surface area contributed by atoms with Gasteiger partial charge in [-0.25, -0.2) is 0 Å². The Kier molecular flexibility index (Phi) is 6.26. The molecule has 1 rings (SSSR count). The number of hydrogen-bond donors (Lipinski definition) is 0. The van der Waals surface area contributed by atoms with Crippen LogP contribution in [0.25, 0.3) is 0 Å². The summed E-state index contributed by atoms with van der Waals surface area (Å²) >= 11 is 0. The summed E-state index contributed by atoms with van der Waals surface area (Å²) in [6, 6.07) is 6.25. The first-order chi connectivity index (χ1) is 9.02. The molecule has 0 heterocycles. The van der Waals surface area contributed by atoms with Crippen LogP contribution in [-0.4, -0.2) is 18.4 Å². The van der Waals surface area contributed by atoms with Gasteiger partial charge in [-0.1, -0.05) is 18.2 Å². The molecule has 0 amide bonds. The Balaban J connectivity index is 2.33. The van der Waals surface area contributed by atoms with Gasteiger partial charge in [-0.05, 0) is 43.9 Å². The number of hydrogen-bond acceptors (Lipinski definition) is 3. The van der Waals surface area contributed by atoms with Gasteiger partial charge in [-0.3, -0.25) is 9.59 Å². The Bertz CT molecular complexity index is 449. The third-order valence-electron chi connectivity index (χ3n) is 3.18. The molecule has 1 aromatic carbocycles. The van der Waals surface area contributed by atoms with Crippen LogP contribution in [0.1, 0.15) is 42.9 Å². The molecule has 0 aromatic heterocycles. The van der Waals surface area contributed by atoms with Gasteiger partial charge in [0.1, 0.15) is 5.78 Å². The minimum atomic E-state index is -0.290. The molecule has 0 saturated carbocycles. The van der Waals surface area contributed by atoms with E-state index in [-0.39, 0.29) is 24.6 Å². The lowest BCUT2D eigenvalue weighted by molar-refractivity contribution is -0.144. The van der Waals surface area contributed by atoms with Crippen molar-refractivity contribution in [3.8, 4) is 0 Å². The van der Waals surface area contributed by atoms with E-state index in [0.717, 1.165) is 6.42 Å². The van der Waals surface area contributed by atoms with Crippen molar-refractivity contribution >= 4 is 11.8 Å². The minimum Gasteiger partial charge on any atom is -0.466 e. The molecule has 0 spiro atoms.